The van der Waals surface area contributed by atoms with Crippen LogP contribution in [0, 0.1) is 11.3 Å². The Morgan fingerprint density at radius 3 is 2.50 bits per heavy atom. The molecule has 1 aromatic rings. The van der Waals surface area contributed by atoms with Crippen LogP contribution in [0.1, 0.15) is 59.4 Å². The number of hydrogen-bond donors (Lipinski definition) is 0. The van der Waals surface area contributed by atoms with Gasteiger partial charge in [-0.1, -0.05) is 12.1 Å². The number of ether oxygens (including phenoxy) is 2. The Bertz CT molecular complexity index is 663. The van der Waals surface area contributed by atoms with Crippen molar-refractivity contribution in [3.8, 4) is 11.8 Å². The highest BCUT2D eigenvalue weighted by molar-refractivity contribution is 5.68. The number of likely N-dealkylation sites (tertiary alicyclic amines) is 1. The lowest BCUT2D eigenvalue weighted by Gasteiger charge is -2.41. The normalized spacial score (nSPS) is 16.9. The van der Waals surface area contributed by atoms with Crippen molar-refractivity contribution in [1.82, 2.24) is 4.90 Å². The van der Waals surface area contributed by atoms with E-state index in [0.717, 1.165) is 24.2 Å². The summed E-state index contributed by atoms with van der Waals surface area (Å²) in [6, 6.07) is 10.4. The first kappa shape index (κ1) is 20.1. The summed E-state index contributed by atoms with van der Waals surface area (Å²) in [6.07, 6.45) is 1.74. The molecule has 142 valence electrons. The summed E-state index contributed by atoms with van der Waals surface area (Å²) in [5, 5.41) is 9.40. The van der Waals surface area contributed by atoms with E-state index < -0.39 is 5.60 Å². The van der Waals surface area contributed by atoms with Gasteiger partial charge in [0, 0.05) is 24.9 Å². The first-order valence-corrected chi connectivity index (χ1v) is 9.27. The molecule has 0 unspecified atom stereocenters. The van der Waals surface area contributed by atoms with E-state index in [1.165, 1.54) is 0 Å². The fourth-order valence-corrected chi connectivity index (χ4v) is 3.33. The van der Waals surface area contributed by atoms with Crippen molar-refractivity contribution in [2.75, 3.05) is 13.1 Å². The molecule has 0 aliphatic carbocycles. The molecule has 1 aromatic carbocycles. The van der Waals surface area contributed by atoms with Crippen LogP contribution in [-0.2, 0) is 10.2 Å². The van der Waals surface area contributed by atoms with Gasteiger partial charge >= 0.3 is 6.09 Å². The number of hydrogen-bond acceptors (Lipinski definition) is 4. The van der Waals surface area contributed by atoms with Crippen LogP contribution in [0.4, 0.5) is 4.79 Å². The van der Waals surface area contributed by atoms with Gasteiger partial charge in [-0.3, -0.25) is 0 Å². The Morgan fingerprint density at radius 1 is 1.31 bits per heavy atom. The third-order valence-corrected chi connectivity index (χ3v) is 4.61. The minimum atomic E-state index is -0.499. The van der Waals surface area contributed by atoms with Crippen LogP contribution in [0.3, 0.4) is 0 Å². The Labute approximate surface area is 156 Å². The highest BCUT2D eigenvalue weighted by atomic mass is 16.6. The third-order valence-electron chi connectivity index (χ3n) is 4.61. The summed E-state index contributed by atoms with van der Waals surface area (Å²) in [6.45, 7) is 10.8. The van der Waals surface area contributed by atoms with Crippen LogP contribution in [0.5, 0.6) is 5.75 Å². The lowest BCUT2D eigenvalue weighted by molar-refractivity contribution is 0.0165. The summed E-state index contributed by atoms with van der Waals surface area (Å²) in [4.78, 5) is 14.1. The lowest BCUT2D eigenvalue weighted by Crippen LogP contribution is -2.46. The monoisotopic (exact) mass is 358 g/mol. The van der Waals surface area contributed by atoms with Crippen LogP contribution in [0.2, 0.25) is 0 Å². The largest absolute Gasteiger partial charge is 0.491 e. The number of rotatable bonds is 4. The Hall–Kier alpha value is -2.22. The zero-order chi connectivity index (χ0) is 19.4. The summed E-state index contributed by atoms with van der Waals surface area (Å²) in [5.74, 6) is 0.824. The maximum absolute atomic E-state index is 12.3. The number of amides is 1. The van der Waals surface area contributed by atoms with Gasteiger partial charge in [-0.2, -0.15) is 5.26 Å². The highest BCUT2D eigenvalue weighted by Crippen LogP contribution is 2.40. The first-order valence-electron chi connectivity index (χ1n) is 9.27. The molecule has 26 heavy (non-hydrogen) atoms. The fourth-order valence-electron chi connectivity index (χ4n) is 3.33. The smallest absolute Gasteiger partial charge is 0.410 e. The predicted octanol–water partition coefficient (Wildman–Crippen LogP) is 4.66. The van der Waals surface area contributed by atoms with E-state index in [0.29, 0.717) is 19.5 Å². The van der Waals surface area contributed by atoms with Crippen molar-refractivity contribution >= 4 is 6.09 Å². The highest BCUT2D eigenvalue weighted by Gasteiger charge is 2.38. The van der Waals surface area contributed by atoms with E-state index in [1.807, 2.05) is 52.8 Å². The molecular formula is C21H30N2O3. The zero-order valence-corrected chi connectivity index (χ0v) is 16.5. The molecule has 0 N–H and O–H groups in total. The van der Waals surface area contributed by atoms with Gasteiger partial charge < -0.3 is 14.4 Å². The van der Waals surface area contributed by atoms with Gasteiger partial charge in [0.1, 0.15) is 11.4 Å². The number of carbonyl (C=O) groups excluding carboxylic acids is 1. The summed E-state index contributed by atoms with van der Waals surface area (Å²) >= 11 is 0. The molecule has 1 heterocycles. The number of piperidine rings is 1. The Morgan fingerprint density at radius 2 is 1.96 bits per heavy atom. The van der Waals surface area contributed by atoms with Crippen molar-refractivity contribution in [3.63, 3.8) is 0 Å². The number of nitriles is 1. The van der Waals surface area contributed by atoms with E-state index in [9.17, 15) is 10.1 Å². The SMILES string of the molecule is CC(C)Oc1cccc(C2(CC#N)CCN(C(=O)OC(C)(C)C)CC2)c1. The Balaban J connectivity index is 2.15. The standard InChI is InChI=1S/C21H30N2O3/c1-16(2)25-18-8-6-7-17(15-18)21(9-12-22)10-13-23(14-11-21)19(24)26-20(3,4)5/h6-8,15-16H,9-11,13-14H2,1-5H3. The quantitative estimate of drug-likeness (QED) is 0.785. The number of benzene rings is 1. The van der Waals surface area contributed by atoms with E-state index >= 15 is 0 Å². The van der Waals surface area contributed by atoms with Crippen molar-refractivity contribution in [3.05, 3.63) is 29.8 Å². The minimum Gasteiger partial charge on any atom is -0.491 e. The average molecular weight is 358 g/mol. The molecule has 1 amide bonds. The molecule has 1 saturated heterocycles. The maximum atomic E-state index is 12.3. The minimum absolute atomic E-state index is 0.103. The van der Waals surface area contributed by atoms with Crippen molar-refractivity contribution in [2.24, 2.45) is 0 Å². The molecule has 1 aliphatic rings. The summed E-state index contributed by atoms with van der Waals surface area (Å²) < 4.78 is 11.3. The molecule has 2 rings (SSSR count). The van der Waals surface area contributed by atoms with Crippen LogP contribution in [0.25, 0.3) is 0 Å². The van der Waals surface area contributed by atoms with Gasteiger partial charge in [0.2, 0.25) is 0 Å². The molecule has 0 atom stereocenters. The van der Waals surface area contributed by atoms with Crippen molar-refractivity contribution in [1.29, 1.82) is 5.26 Å². The molecule has 5 nitrogen and oxygen atoms in total. The number of carbonyl (C=O) groups is 1. The lowest BCUT2D eigenvalue weighted by atomic mass is 9.71. The second-order valence-corrected chi connectivity index (χ2v) is 8.28. The van der Waals surface area contributed by atoms with Gasteiger partial charge in [0.25, 0.3) is 0 Å². The average Bonchev–Trinajstić information content (AvgIpc) is 2.54. The van der Waals surface area contributed by atoms with E-state index in [-0.39, 0.29) is 17.6 Å². The molecule has 0 aromatic heterocycles. The predicted molar refractivity (Wildman–Crippen MR) is 101 cm³/mol. The Kier molecular flexibility index (Phi) is 6.17. The van der Waals surface area contributed by atoms with Crippen molar-refractivity contribution in [2.45, 2.75) is 71.0 Å². The van der Waals surface area contributed by atoms with Gasteiger partial charge in [-0.05, 0) is 65.2 Å². The molecule has 0 spiro atoms. The van der Waals surface area contributed by atoms with Gasteiger partial charge in [-0.25, -0.2) is 4.79 Å². The molecular weight excluding hydrogens is 328 g/mol. The van der Waals surface area contributed by atoms with Crippen LogP contribution < -0.4 is 4.74 Å². The third kappa shape index (κ3) is 5.14. The zero-order valence-electron chi connectivity index (χ0n) is 16.5. The molecule has 1 aliphatic heterocycles. The van der Waals surface area contributed by atoms with Gasteiger partial charge in [0.05, 0.1) is 12.2 Å². The van der Waals surface area contributed by atoms with Crippen LogP contribution in [0.15, 0.2) is 24.3 Å². The molecule has 5 heteroatoms. The van der Waals surface area contributed by atoms with E-state index in [1.54, 1.807) is 4.90 Å². The van der Waals surface area contributed by atoms with Crippen LogP contribution >= 0.6 is 0 Å². The summed E-state index contributed by atoms with van der Waals surface area (Å²) in [5.41, 5.74) is 0.366. The van der Waals surface area contributed by atoms with Gasteiger partial charge in [-0.15, -0.1) is 0 Å². The first-order chi connectivity index (χ1) is 12.1. The second-order valence-electron chi connectivity index (χ2n) is 8.28. The van der Waals surface area contributed by atoms with E-state index in [2.05, 4.69) is 12.1 Å². The molecule has 0 saturated carbocycles. The molecule has 0 radical (unpaired) electrons. The topological polar surface area (TPSA) is 62.6 Å². The van der Waals surface area contributed by atoms with E-state index in [4.69, 9.17) is 9.47 Å². The van der Waals surface area contributed by atoms with Crippen molar-refractivity contribution < 1.29 is 14.3 Å². The second kappa shape index (κ2) is 7.99. The van der Waals surface area contributed by atoms with Gasteiger partial charge in [0.15, 0.2) is 0 Å². The fraction of sp³-hybridized carbons (Fsp3) is 0.619. The molecule has 0 bridgehead atoms. The number of nitrogens with zero attached hydrogens (tertiary/aromatic N) is 2. The van der Waals surface area contributed by atoms with Crippen LogP contribution in [-0.4, -0.2) is 35.8 Å². The maximum Gasteiger partial charge on any atom is 0.410 e. The summed E-state index contributed by atoms with van der Waals surface area (Å²) in [7, 11) is 0. The molecule has 1 fully saturated rings.